The number of imide groups is 2. The van der Waals surface area contributed by atoms with Crippen molar-refractivity contribution in [3.05, 3.63) is 83.4 Å². The van der Waals surface area contributed by atoms with Crippen molar-refractivity contribution in [1.82, 2.24) is 9.80 Å². The Labute approximate surface area is 257 Å². The number of fused-ring (bicyclic) bond motifs is 5. The highest BCUT2D eigenvalue weighted by molar-refractivity contribution is 6.53. The fraction of sp³-hybridized carbons (Fsp3) is 0.333. The zero-order valence-corrected chi connectivity index (χ0v) is 24.7. The summed E-state index contributed by atoms with van der Waals surface area (Å²) in [6.07, 6.45) is 2.42. The number of phenols is 2. The Morgan fingerprint density at radius 2 is 1.60 bits per heavy atom. The van der Waals surface area contributed by atoms with E-state index in [0.29, 0.717) is 22.9 Å². The molecule has 10 heteroatoms. The zero-order chi connectivity index (χ0) is 30.4. The van der Waals surface area contributed by atoms with E-state index in [2.05, 4.69) is 0 Å². The minimum Gasteiger partial charge on any atom is -0.508 e. The van der Waals surface area contributed by atoms with Crippen LogP contribution in [0.25, 0.3) is 10.8 Å². The number of nitrogens with zero attached hydrogens (tertiary/aromatic N) is 2. The highest BCUT2D eigenvalue weighted by atomic mass is 35.5. The third-order valence-electron chi connectivity index (χ3n) is 9.90. The van der Waals surface area contributed by atoms with Crippen molar-refractivity contribution in [3.8, 4) is 11.5 Å². The minimum absolute atomic E-state index is 0.104. The highest BCUT2D eigenvalue weighted by Crippen LogP contribution is 2.66. The maximum atomic E-state index is 14.0. The summed E-state index contributed by atoms with van der Waals surface area (Å²) in [5, 5.41) is 22.4. The number of aromatic hydroxyl groups is 2. The molecule has 2 saturated heterocycles. The third-order valence-corrected chi connectivity index (χ3v) is 11.3. The lowest BCUT2D eigenvalue weighted by Crippen LogP contribution is -2.60. The van der Waals surface area contributed by atoms with Crippen molar-refractivity contribution in [2.24, 2.45) is 17.8 Å². The molecule has 0 spiro atoms. The molecule has 2 aliphatic carbocycles. The van der Waals surface area contributed by atoms with Crippen LogP contribution in [0.2, 0.25) is 0 Å². The quantitative estimate of drug-likeness (QED) is 0.253. The van der Waals surface area contributed by atoms with Crippen molar-refractivity contribution in [3.63, 3.8) is 0 Å². The molecule has 2 heterocycles. The first-order chi connectivity index (χ1) is 20.5. The minimum atomic E-state index is -1.97. The third kappa shape index (κ3) is 3.69. The topological polar surface area (TPSA) is 115 Å². The summed E-state index contributed by atoms with van der Waals surface area (Å²) in [4.78, 5) is 53.5. The Bertz CT molecular complexity index is 1770. The SMILES string of the molecule is CN1C(=O)[C@]2(Cl)C[C@@H]3C(=CC[C@@H]4C(=O)N(CCc5ccc(O)cc5)C(=O)[C@@H]43)[C@H](c3c(O)ccc4ccccc34)[C@]2(Cl)C1=O. The number of rotatable bonds is 4. The Morgan fingerprint density at radius 3 is 2.35 bits per heavy atom. The summed E-state index contributed by atoms with van der Waals surface area (Å²) in [5.74, 6) is -5.08. The summed E-state index contributed by atoms with van der Waals surface area (Å²) >= 11 is 14.5. The lowest BCUT2D eigenvalue weighted by molar-refractivity contribution is -0.141. The fourth-order valence-corrected chi connectivity index (χ4v) is 8.84. The van der Waals surface area contributed by atoms with Crippen molar-refractivity contribution in [2.45, 2.75) is 34.9 Å². The lowest BCUT2D eigenvalue weighted by atomic mass is 9.56. The van der Waals surface area contributed by atoms with E-state index in [-0.39, 0.29) is 42.7 Å². The molecular formula is C33H28Cl2N2O6. The first-order valence-electron chi connectivity index (χ1n) is 14.2. The van der Waals surface area contributed by atoms with E-state index in [4.69, 9.17) is 23.2 Å². The van der Waals surface area contributed by atoms with E-state index in [9.17, 15) is 29.4 Å². The predicted octanol–water partition coefficient (Wildman–Crippen LogP) is 4.48. The maximum Gasteiger partial charge on any atom is 0.253 e. The average molecular weight is 620 g/mol. The van der Waals surface area contributed by atoms with Gasteiger partial charge in [0.1, 0.15) is 11.5 Å². The molecule has 3 aromatic rings. The van der Waals surface area contributed by atoms with Gasteiger partial charge in [-0.2, -0.15) is 0 Å². The van der Waals surface area contributed by atoms with Gasteiger partial charge in [0.25, 0.3) is 11.8 Å². The van der Waals surface area contributed by atoms with Gasteiger partial charge in [0.15, 0.2) is 9.75 Å². The van der Waals surface area contributed by atoms with E-state index >= 15 is 0 Å². The van der Waals surface area contributed by atoms with Crippen LogP contribution in [0.4, 0.5) is 0 Å². The van der Waals surface area contributed by atoms with Crippen LogP contribution in [0.5, 0.6) is 11.5 Å². The summed E-state index contributed by atoms with van der Waals surface area (Å²) in [7, 11) is 1.34. The molecule has 6 atom stereocenters. The van der Waals surface area contributed by atoms with Crippen LogP contribution in [0.15, 0.2) is 72.3 Å². The molecule has 3 fully saturated rings. The van der Waals surface area contributed by atoms with Crippen LogP contribution >= 0.6 is 23.2 Å². The summed E-state index contributed by atoms with van der Waals surface area (Å²) in [6.45, 7) is 0.163. The number of amides is 4. The highest BCUT2D eigenvalue weighted by Gasteiger charge is 2.76. The first-order valence-corrected chi connectivity index (χ1v) is 15.0. The normalized spacial score (nSPS) is 31.7. The molecule has 2 N–H and O–H groups in total. The smallest absolute Gasteiger partial charge is 0.253 e. The standard InChI is InChI=1S/C33H28Cl2N2O6/c1-36-30(42)32(34)16-23-21(27(33(32,35)31(36)43)26-20-5-3-2-4-18(20)8-13-24(26)39)11-12-22-25(23)29(41)37(28(22)40)15-14-17-6-9-19(38)10-7-17/h2-11,13,22-23,25,27,38-39H,12,14-16H2,1H3/t22-,23+,25-,27+,32+,33-/m0/s1. The summed E-state index contributed by atoms with van der Waals surface area (Å²) in [5.41, 5.74) is 1.86. The molecule has 43 heavy (non-hydrogen) atoms. The molecule has 0 unspecified atom stereocenters. The second-order valence-corrected chi connectivity index (χ2v) is 13.2. The van der Waals surface area contributed by atoms with Gasteiger partial charge in [-0.05, 0) is 59.7 Å². The van der Waals surface area contributed by atoms with Gasteiger partial charge >= 0.3 is 0 Å². The van der Waals surface area contributed by atoms with Crippen molar-refractivity contribution >= 4 is 57.6 Å². The van der Waals surface area contributed by atoms with Crippen LogP contribution in [0.3, 0.4) is 0 Å². The molecule has 7 rings (SSSR count). The number of hydrogen-bond donors (Lipinski definition) is 2. The number of allylic oxidation sites excluding steroid dienone is 2. The van der Waals surface area contributed by atoms with Gasteiger partial charge in [-0.25, -0.2) is 0 Å². The van der Waals surface area contributed by atoms with Gasteiger partial charge in [0.05, 0.1) is 11.8 Å². The molecule has 0 bridgehead atoms. The molecule has 8 nitrogen and oxygen atoms in total. The van der Waals surface area contributed by atoms with E-state index in [1.54, 1.807) is 30.3 Å². The van der Waals surface area contributed by atoms with Gasteiger partial charge in [0.2, 0.25) is 11.8 Å². The molecule has 4 amide bonds. The molecule has 2 aliphatic heterocycles. The number of benzene rings is 3. The van der Waals surface area contributed by atoms with Gasteiger partial charge in [-0.1, -0.05) is 54.1 Å². The largest absolute Gasteiger partial charge is 0.508 e. The van der Waals surface area contributed by atoms with Crippen LogP contribution in [-0.2, 0) is 25.6 Å². The molecule has 0 aromatic heterocycles. The number of halogens is 2. The molecule has 3 aromatic carbocycles. The Kier molecular flexibility index (Phi) is 6.21. The second-order valence-electron chi connectivity index (χ2n) is 12.0. The maximum absolute atomic E-state index is 14.0. The number of carbonyl (C=O) groups excluding carboxylic acids is 4. The lowest BCUT2D eigenvalue weighted by Gasteiger charge is -2.51. The number of hydrogen-bond acceptors (Lipinski definition) is 6. The number of phenolic OH excluding ortho intramolecular Hbond substituents is 2. The molecule has 220 valence electrons. The average Bonchev–Trinajstić information content (AvgIpc) is 3.32. The van der Waals surface area contributed by atoms with Crippen LogP contribution in [0, 0.1) is 17.8 Å². The van der Waals surface area contributed by atoms with E-state index in [1.807, 2.05) is 30.3 Å². The van der Waals surface area contributed by atoms with Crippen molar-refractivity contribution in [1.29, 1.82) is 0 Å². The zero-order valence-electron chi connectivity index (χ0n) is 23.2. The fourth-order valence-electron chi connectivity index (χ4n) is 7.84. The van der Waals surface area contributed by atoms with Gasteiger partial charge in [-0.15, -0.1) is 23.2 Å². The number of likely N-dealkylation sites (tertiary alicyclic amines) is 2. The summed E-state index contributed by atoms with van der Waals surface area (Å²) < 4.78 is 0. The van der Waals surface area contributed by atoms with Crippen LogP contribution in [0.1, 0.15) is 29.9 Å². The van der Waals surface area contributed by atoms with Crippen molar-refractivity contribution < 1.29 is 29.4 Å². The number of alkyl halides is 2. The van der Waals surface area contributed by atoms with Gasteiger partial charge < -0.3 is 10.2 Å². The van der Waals surface area contributed by atoms with E-state index in [1.165, 1.54) is 18.0 Å². The number of carbonyl (C=O) groups is 4. The predicted molar refractivity (Wildman–Crippen MR) is 160 cm³/mol. The van der Waals surface area contributed by atoms with E-state index < -0.39 is 45.2 Å². The molecule has 1 saturated carbocycles. The Hall–Kier alpha value is -3.88. The van der Waals surface area contributed by atoms with Gasteiger partial charge in [0, 0.05) is 25.1 Å². The van der Waals surface area contributed by atoms with Crippen molar-refractivity contribution in [2.75, 3.05) is 13.6 Å². The second kappa shape index (κ2) is 9.56. The Morgan fingerprint density at radius 1 is 0.884 bits per heavy atom. The monoisotopic (exact) mass is 618 g/mol. The first kappa shape index (κ1) is 27.9. The van der Waals surface area contributed by atoms with Crippen LogP contribution < -0.4 is 0 Å². The molecular weight excluding hydrogens is 591 g/mol. The Balaban J connectivity index is 1.35. The molecule has 4 aliphatic rings. The molecule has 0 radical (unpaired) electrons. The summed E-state index contributed by atoms with van der Waals surface area (Å²) in [6, 6.07) is 17.2. The van der Waals surface area contributed by atoms with Crippen LogP contribution in [-0.4, -0.2) is 67.0 Å². The van der Waals surface area contributed by atoms with E-state index in [0.717, 1.165) is 15.8 Å². The van der Waals surface area contributed by atoms with Gasteiger partial charge in [-0.3, -0.25) is 29.0 Å².